The van der Waals surface area contributed by atoms with Crippen molar-refractivity contribution in [1.29, 1.82) is 0 Å². The van der Waals surface area contributed by atoms with E-state index in [1.165, 1.54) is 7.11 Å². The first-order valence-corrected chi connectivity index (χ1v) is 7.88. The van der Waals surface area contributed by atoms with E-state index in [0.717, 1.165) is 18.6 Å². The van der Waals surface area contributed by atoms with Crippen LogP contribution in [0.1, 0.15) is 45.6 Å². The summed E-state index contributed by atoms with van der Waals surface area (Å²) >= 11 is 0. The van der Waals surface area contributed by atoms with Crippen LogP contribution < -0.4 is 15.8 Å². The Morgan fingerprint density at radius 2 is 2.00 bits per heavy atom. The van der Waals surface area contributed by atoms with Crippen molar-refractivity contribution in [2.24, 2.45) is 5.73 Å². The summed E-state index contributed by atoms with van der Waals surface area (Å²) in [5.74, 6) is 0.601. The van der Waals surface area contributed by atoms with Crippen molar-refractivity contribution < 1.29 is 23.2 Å². The van der Waals surface area contributed by atoms with Crippen molar-refractivity contribution in [1.82, 2.24) is 0 Å². The Labute approximate surface area is 142 Å². The molecule has 0 saturated heterocycles. The third-order valence-corrected chi connectivity index (χ3v) is 4.19. The van der Waals surface area contributed by atoms with E-state index < -0.39 is 11.8 Å². The molecule has 25 heavy (non-hydrogen) atoms. The molecule has 4 rings (SSSR count). The first-order chi connectivity index (χ1) is 12.1. The molecule has 7 nitrogen and oxygen atoms in total. The third kappa shape index (κ3) is 2.73. The van der Waals surface area contributed by atoms with Gasteiger partial charge >= 0.3 is 0 Å². The van der Waals surface area contributed by atoms with Crippen LogP contribution in [0.4, 0.5) is 5.69 Å². The molecule has 2 amide bonds. The molecule has 0 aliphatic heterocycles. The number of fused-ring (bicyclic) bond motifs is 1. The second kappa shape index (κ2) is 5.70. The summed E-state index contributed by atoms with van der Waals surface area (Å²) < 4.78 is 16.2. The van der Waals surface area contributed by atoms with Gasteiger partial charge in [0.05, 0.1) is 7.11 Å². The predicted octanol–water partition coefficient (Wildman–Crippen LogP) is 3.26. The highest BCUT2D eigenvalue weighted by molar-refractivity contribution is 6.13. The molecule has 0 unspecified atom stereocenters. The molecular formula is C18H16N2O5. The van der Waals surface area contributed by atoms with Crippen molar-refractivity contribution in [2.75, 3.05) is 12.4 Å². The zero-order chi connectivity index (χ0) is 17.6. The van der Waals surface area contributed by atoms with Crippen LogP contribution >= 0.6 is 0 Å². The summed E-state index contributed by atoms with van der Waals surface area (Å²) in [4.78, 5) is 24.2. The molecule has 128 valence electrons. The molecule has 2 aromatic heterocycles. The van der Waals surface area contributed by atoms with Gasteiger partial charge in [-0.3, -0.25) is 9.59 Å². The van der Waals surface area contributed by atoms with Crippen LogP contribution in [0.2, 0.25) is 0 Å². The summed E-state index contributed by atoms with van der Waals surface area (Å²) in [6, 6.07) is 8.45. The lowest BCUT2D eigenvalue weighted by Crippen LogP contribution is -2.16. The number of hydrogen-bond donors (Lipinski definition) is 2. The van der Waals surface area contributed by atoms with Gasteiger partial charge in [0, 0.05) is 17.4 Å². The van der Waals surface area contributed by atoms with Gasteiger partial charge in [-0.1, -0.05) is 0 Å². The van der Waals surface area contributed by atoms with Gasteiger partial charge < -0.3 is 24.6 Å². The van der Waals surface area contributed by atoms with Gasteiger partial charge in [0.1, 0.15) is 22.8 Å². The minimum absolute atomic E-state index is 0.120. The van der Waals surface area contributed by atoms with Crippen LogP contribution in [0.5, 0.6) is 5.75 Å². The van der Waals surface area contributed by atoms with Crippen LogP contribution in [0.15, 0.2) is 39.2 Å². The van der Waals surface area contributed by atoms with Crippen LogP contribution in [0.3, 0.4) is 0 Å². The lowest BCUT2D eigenvalue weighted by molar-refractivity contribution is 0.0977. The molecule has 1 saturated carbocycles. The largest absolute Gasteiger partial charge is 0.497 e. The maximum Gasteiger partial charge on any atom is 0.291 e. The number of primary amides is 1. The third-order valence-electron chi connectivity index (χ3n) is 4.19. The Bertz CT molecular complexity index is 981. The number of carbonyl (C=O) groups excluding carboxylic acids is 2. The van der Waals surface area contributed by atoms with E-state index in [1.807, 2.05) is 0 Å². The van der Waals surface area contributed by atoms with Crippen LogP contribution in [-0.2, 0) is 0 Å². The SMILES string of the molecule is COc1ccc2c(NC(=O)c3ccc(C4CC4)o3)c(C(N)=O)oc2c1. The smallest absolute Gasteiger partial charge is 0.291 e. The summed E-state index contributed by atoms with van der Waals surface area (Å²) in [7, 11) is 1.52. The summed E-state index contributed by atoms with van der Waals surface area (Å²) in [5.41, 5.74) is 5.99. The second-order valence-corrected chi connectivity index (χ2v) is 5.96. The number of benzene rings is 1. The molecule has 2 heterocycles. The fraction of sp³-hybridized carbons (Fsp3) is 0.222. The Morgan fingerprint density at radius 3 is 2.68 bits per heavy atom. The standard InChI is InChI=1S/C18H16N2O5/c1-23-10-4-5-11-14(8-10)25-16(17(19)21)15(11)20-18(22)13-7-6-12(24-13)9-2-3-9/h4-9H,2-3H2,1H3,(H2,19,21)(H,20,22). The average Bonchev–Trinajstić information content (AvgIpc) is 3.22. The van der Waals surface area contributed by atoms with E-state index in [1.54, 1.807) is 30.3 Å². The van der Waals surface area contributed by atoms with E-state index in [4.69, 9.17) is 19.3 Å². The summed E-state index contributed by atoms with van der Waals surface area (Å²) in [5, 5.41) is 3.23. The number of methoxy groups -OCH3 is 1. The quantitative estimate of drug-likeness (QED) is 0.741. The van der Waals surface area contributed by atoms with Crippen molar-refractivity contribution in [2.45, 2.75) is 18.8 Å². The molecule has 0 atom stereocenters. The van der Waals surface area contributed by atoms with Crippen LogP contribution in [0, 0.1) is 0 Å². The maximum atomic E-state index is 12.5. The number of amides is 2. The van der Waals surface area contributed by atoms with E-state index in [0.29, 0.717) is 22.6 Å². The average molecular weight is 340 g/mol. The molecule has 0 bridgehead atoms. The molecule has 3 aromatic rings. The second-order valence-electron chi connectivity index (χ2n) is 5.96. The number of hydrogen-bond acceptors (Lipinski definition) is 5. The molecule has 0 radical (unpaired) electrons. The fourth-order valence-corrected chi connectivity index (χ4v) is 2.74. The van der Waals surface area contributed by atoms with Crippen molar-refractivity contribution >= 4 is 28.5 Å². The van der Waals surface area contributed by atoms with Gasteiger partial charge in [0.2, 0.25) is 5.76 Å². The Balaban J connectivity index is 1.69. The van der Waals surface area contributed by atoms with Gasteiger partial charge in [-0.25, -0.2) is 0 Å². The zero-order valence-electron chi connectivity index (χ0n) is 13.5. The number of nitrogens with one attached hydrogen (secondary N) is 1. The van der Waals surface area contributed by atoms with Crippen molar-refractivity contribution in [3.05, 3.63) is 47.6 Å². The topological polar surface area (TPSA) is 108 Å². The molecular weight excluding hydrogens is 324 g/mol. The van der Waals surface area contributed by atoms with Crippen LogP contribution in [0.25, 0.3) is 11.0 Å². The molecule has 1 fully saturated rings. The van der Waals surface area contributed by atoms with E-state index in [9.17, 15) is 9.59 Å². The predicted molar refractivity (Wildman–Crippen MR) is 89.9 cm³/mol. The normalized spacial score (nSPS) is 13.8. The van der Waals surface area contributed by atoms with Gasteiger partial charge in [-0.2, -0.15) is 0 Å². The van der Waals surface area contributed by atoms with Gasteiger partial charge in [0.15, 0.2) is 5.76 Å². The summed E-state index contributed by atoms with van der Waals surface area (Å²) in [6.45, 7) is 0. The molecule has 1 aliphatic rings. The Hall–Kier alpha value is -3.22. The van der Waals surface area contributed by atoms with E-state index >= 15 is 0 Å². The van der Waals surface area contributed by atoms with Gasteiger partial charge in [-0.15, -0.1) is 0 Å². The molecule has 7 heteroatoms. The van der Waals surface area contributed by atoms with Gasteiger partial charge in [-0.05, 0) is 37.1 Å². The molecule has 1 aromatic carbocycles. The molecule has 0 spiro atoms. The van der Waals surface area contributed by atoms with Crippen molar-refractivity contribution in [3.63, 3.8) is 0 Å². The highest BCUT2D eigenvalue weighted by atomic mass is 16.5. The minimum Gasteiger partial charge on any atom is -0.497 e. The number of rotatable bonds is 5. The van der Waals surface area contributed by atoms with E-state index in [2.05, 4.69) is 5.32 Å². The molecule has 3 N–H and O–H groups in total. The number of carbonyl (C=O) groups is 2. The molecule has 1 aliphatic carbocycles. The Kier molecular flexibility index (Phi) is 3.49. The lowest BCUT2D eigenvalue weighted by Gasteiger charge is -2.03. The van der Waals surface area contributed by atoms with E-state index in [-0.39, 0.29) is 17.2 Å². The number of anilines is 1. The summed E-state index contributed by atoms with van der Waals surface area (Å²) in [6.07, 6.45) is 2.16. The fourth-order valence-electron chi connectivity index (χ4n) is 2.74. The monoisotopic (exact) mass is 340 g/mol. The zero-order valence-corrected chi connectivity index (χ0v) is 13.5. The highest BCUT2D eigenvalue weighted by Gasteiger charge is 2.28. The Morgan fingerprint density at radius 1 is 1.20 bits per heavy atom. The number of furan rings is 2. The van der Waals surface area contributed by atoms with Crippen molar-refractivity contribution in [3.8, 4) is 5.75 Å². The minimum atomic E-state index is -0.774. The highest BCUT2D eigenvalue weighted by Crippen LogP contribution is 2.41. The van der Waals surface area contributed by atoms with Gasteiger partial charge in [0.25, 0.3) is 11.8 Å². The first kappa shape index (κ1) is 15.3. The maximum absolute atomic E-state index is 12.5. The number of ether oxygens (including phenoxy) is 1. The lowest BCUT2D eigenvalue weighted by atomic mass is 10.2. The first-order valence-electron chi connectivity index (χ1n) is 7.88. The van der Waals surface area contributed by atoms with Crippen LogP contribution in [-0.4, -0.2) is 18.9 Å². The number of nitrogens with two attached hydrogens (primary N) is 1.